The Balaban J connectivity index is 1.36. The Morgan fingerprint density at radius 2 is 1.58 bits per heavy atom. The Morgan fingerprint density at radius 3 is 2.18 bits per heavy atom. The Morgan fingerprint density at radius 1 is 0.921 bits per heavy atom. The smallest absolute Gasteiger partial charge is 0.188 e. The van der Waals surface area contributed by atoms with Crippen LogP contribution in [0, 0.1) is 6.92 Å². The lowest BCUT2D eigenvalue weighted by Crippen LogP contribution is -2.48. The van der Waals surface area contributed by atoms with Crippen LogP contribution < -0.4 is 0 Å². The summed E-state index contributed by atoms with van der Waals surface area (Å²) >= 11 is 18.7. The van der Waals surface area contributed by atoms with Crippen molar-refractivity contribution in [3.63, 3.8) is 0 Å². The van der Waals surface area contributed by atoms with Crippen LogP contribution in [0.1, 0.15) is 68.3 Å². The van der Waals surface area contributed by atoms with Gasteiger partial charge in [-0.25, -0.2) is 8.42 Å². The van der Waals surface area contributed by atoms with E-state index in [0.717, 1.165) is 51.0 Å². The molecule has 1 aromatic heterocycles. The van der Waals surface area contributed by atoms with Crippen LogP contribution >= 0.6 is 34.8 Å². The van der Waals surface area contributed by atoms with Crippen LogP contribution in [0.15, 0.2) is 53.4 Å². The highest BCUT2D eigenvalue weighted by Crippen LogP contribution is 2.49. The lowest BCUT2D eigenvalue weighted by atomic mass is 9.79. The Kier molecular flexibility index (Phi) is 8.19. The normalized spacial score (nSPS) is 23.6. The maximum atomic E-state index is 14.2. The van der Waals surface area contributed by atoms with Crippen LogP contribution in [-0.4, -0.2) is 42.2 Å². The molecule has 0 unspecified atom stereocenters. The highest BCUT2D eigenvalue weighted by atomic mass is 35.5. The van der Waals surface area contributed by atoms with Gasteiger partial charge in [0.25, 0.3) is 0 Å². The molecule has 2 aliphatic rings. The first-order valence-electron chi connectivity index (χ1n) is 13.4. The van der Waals surface area contributed by atoms with Gasteiger partial charge in [-0.2, -0.15) is 5.10 Å². The summed E-state index contributed by atoms with van der Waals surface area (Å²) in [5.41, 5.74) is 3.14. The molecule has 2 heterocycles. The van der Waals surface area contributed by atoms with Crippen molar-refractivity contribution in [1.29, 1.82) is 0 Å². The fourth-order valence-corrected chi connectivity index (χ4v) is 9.05. The van der Waals surface area contributed by atoms with Crippen LogP contribution in [-0.2, 0) is 21.1 Å². The predicted octanol–water partition coefficient (Wildman–Crippen LogP) is 7.66. The van der Waals surface area contributed by atoms with Crippen LogP contribution in [0.3, 0.4) is 0 Å². The van der Waals surface area contributed by atoms with E-state index in [1.54, 1.807) is 36.4 Å². The molecular formula is C29H34Cl3N3O2S. The maximum absolute atomic E-state index is 14.2. The van der Waals surface area contributed by atoms with Gasteiger partial charge in [-0.05, 0) is 113 Å². The van der Waals surface area contributed by atoms with E-state index in [4.69, 9.17) is 34.8 Å². The van der Waals surface area contributed by atoms with Crippen molar-refractivity contribution in [2.45, 2.75) is 80.5 Å². The van der Waals surface area contributed by atoms with E-state index in [-0.39, 0.29) is 4.90 Å². The molecule has 0 amide bonds. The first-order chi connectivity index (χ1) is 18.1. The minimum absolute atomic E-state index is 0.287. The summed E-state index contributed by atoms with van der Waals surface area (Å²) in [7, 11) is -3.72. The van der Waals surface area contributed by atoms with Crippen molar-refractivity contribution in [3.8, 4) is 0 Å². The van der Waals surface area contributed by atoms with Crippen molar-refractivity contribution < 1.29 is 8.42 Å². The highest BCUT2D eigenvalue weighted by Gasteiger charge is 2.49. The molecule has 0 radical (unpaired) electrons. The second kappa shape index (κ2) is 11.1. The molecule has 5 nitrogen and oxygen atoms in total. The third-order valence-corrected chi connectivity index (χ3v) is 12.1. The van der Waals surface area contributed by atoms with Crippen molar-refractivity contribution in [1.82, 2.24) is 14.7 Å². The number of hydrogen-bond acceptors (Lipinski definition) is 4. The predicted molar refractivity (Wildman–Crippen MR) is 155 cm³/mol. The lowest BCUT2D eigenvalue weighted by Gasteiger charge is -2.45. The highest BCUT2D eigenvalue weighted by molar-refractivity contribution is 7.92. The SMILES string of the molecule is CCn1nc(C)cc1C1CCN(C2CCC(c3ccc(Cl)c(Cl)c3)(S(=O)(=O)c3ccc(Cl)cc3)CC2)CC1. The fraction of sp³-hybridized carbons (Fsp3) is 0.483. The summed E-state index contributed by atoms with van der Waals surface area (Å²) in [6.07, 6.45) is 4.88. The molecule has 204 valence electrons. The number of piperidine rings is 1. The minimum Gasteiger partial charge on any atom is -0.300 e. The number of aromatic nitrogens is 2. The summed E-state index contributed by atoms with van der Waals surface area (Å²) in [6.45, 7) is 7.14. The van der Waals surface area contributed by atoms with Crippen LogP contribution in [0.2, 0.25) is 15.1 Å². The Hall–Kier alpha value is -1.57. The zero-order chi connectivity index (χ0) is 27.1. The topological polar surface area (TPSA) is 55.2 Å². The standard InChI is InChI=1S/C29H34Cl3N3O2S/c1-3-35-28(18-20(2)33-35)21-12-16-34(17-13-21)24-10-14-29(15-11-24,22-4-9-26(31)27(32)19-22)38(36,37)25-7-5-23(30)6-8-25/h4-9,18-19,21,24H,3,10-17H2,1-2H3. The molecule has 9 heteroatoms. The van der Waals surface area contributed by atoms with E-state index in [1.807, 2.05) is 6.07 Å². The largest absolute Gasteiger partial charge is 0.300 e. The number of benzene rings is 2. The zero-order valence-corrected chi connectivity index (χ0v) is 24.9. The van der Waals surface area contributed by atoms with Gasteiger partial charge >= 0.3 is 0 Å². The molecule has 0 atom stereocenters. The summed E-state index contributed by atoms with van der Waals surface area (Å²) in [5, 5.41) is 5.95. The first-order valence-corrected chi connectivity index (χ1v) is 16.0. The number of halogens is 3. The van der Waals surface area contributed by atoms with Crippen molar-refractivity contribution >= 4 is 44.6 Å². The van der Waals surface area contributed by atoms with Gasteiger partial charge in [0.15, 0.2) is 9.84 Å². The van der Waals surface area contributed by atoms with Gasteiger partial charge in [-0.3, -0.25) is 4.68 Å². The van der Waals surface area contributed by atoms with E-state index in [9.17, 15) is 8.42 Å². The number of rotatable bonds is 6. The summed E-state index contributed by atoms with van der Waals surface area (Å²) in [5.74, 6) is 0.525. The van der Waals surface area contributed by atoms with E-state index < -0.39 is 14.6 Å². The Labute approximate surface area is 241 Å². The molecule has 0 bridgehead atoms. The fourth-order valence-electron chi connectivity index (χ4n) is 6.47. The molecule has 0 N–H and O–H groups in total. The summed E-state index contributed by atoms with van der Waals surface area (Å²) in [6, 6.07) is 14.4. The van der Waals surface area contributed by atoms with Crippen LogP contribution in [0.25, 0.3) is 0 Å². The Bertz CT molecular complexity index is 1390. The summed E-state index contributed by atoms with van der Waals surface area (Å²) in [4.78, 5) is 2.86. The molecule has 2 fully saturated rings. The monoisotopic (exact) mass is 593 g/mol. The molecule has 2 aromatic carbocycles. The average Bonchev–Trinajstić information content (AvgIpc) is 3.31. The van der Waals surface area contributed by atoms with Crippen molar-refractivity contribution in [3.05, 3.63) is 80.6 Å². The zero-order valence-electron chi connectivity index (χ0n) is 21.8. The van der Waals surface area contributed by atoms with Gasteiger partial charge in [-0.15, -0.1) is 0 Å². The van der Waals surface area contributed by atoms with Gasteiger partial charge in [0.1, 0.15) is 4.75 Å². The van der Waals surface area contributed by atoms with Crippen LogP contribution in [0.4, 0.5) is 0 Å². The number of aryl methyl sites for hydroxylation is 2. The number of hydrogen-bond donors (Lipinski definition) is 0. The molecule has 1 saturated carbocycles. The molecular weight excluding hydrogens is 561 g/mol. The molecule has 1 saturated heterocycles. The third kappa shape index (κ3) is 5.15. The van der Waals surface area contributed by atoms with E-state index in [0.29, 0.717) is 45.4 Å². The molecule has 38 heavy (non-hydrogen) atoms. The van der Waals surface area contributed by atoms with Crippen molar-refractivity contribution in [2.24, 2.45) is 0 Å². The number of sulfone groups is 1. The third-order valence-electron chi connectivity index (χ3n) is 8.54. The summed E-state index contributed by atoms with van der Waals surface area (Å²) < 4.78 is 29.5. The van der Waals surface area contributed by atoms with E-state index in [1.165, 1.54) is 5.69 Å². The van der Waals surface area contributed by atoms with Gasteiger partial charge in [0, 0.05) is 29.2 Å². The lowest BCUT2D eigenvalue weighted by molar-refractivity contribution is 0.110. The molecule has 0 spiro atoms. The van der Waals surface area contributed by atoms with Crippen molar-refractivity contribution in [2.75, 3.05) is 13.1 Å². The van der Waals surface area contributed by atoms with Crippen LogP contribution in [0.5, 0.6) is 0 Å². The van der Waals surface area contributed by atoms with Gasteiger partial charge in [-0.1, -0.05) is 40.9 Å². The number of nitrogens with zero attached hydrogens (tertiary/aromatic N) is 3. The van der Waals surface area contributed by atoms with E-state index >= 15 is 0 Å². The van der Waals surface area contributed by atoms with Gasteiger partial charge in [0.05, 0.1) is 20.6 Å². The average molecular weight is 595 g/mol. The first kappa shape index (κ1) is 28.0. The minimum atomic E-state index is -3.72. The molecule has 1 aliphatic heterocycles. The maximum Gasteiger partial charge on any atom is 0.188 e. The number of likely N-dealkylation sites (tertiary alicyclic amines) is 1. The second-order valence-electron chi connectivity index (χ2n) is 10.6. The molecule has 1 aliphatic carbocycles. The second-order valence-corrected chi connectivity index (χ2v) is 14.2. The molecule has 5 rings (SSSR count). The van der Waals surface area contributed by atoms with Gasteiger partial charge in [0.2, 0.25) is 0 Å². The quantitative estimate of drug-likeness (QED) is 0.294. The molecule has 3 aromatic rings. The van der Waals surface area contributed by atoms with E-state index in [2.05, 4.69) is 34.6 Å². The van der Waals surface area contributed by atoms with Gasteiger partial charge < -0.3 is 4.90 Å².